The molecular formula is C16H16N4OS2. The van der Waals surface area contributed by atoms with Crippen molar-refractivity contribution in [1.29, 1.82) is 0 Å². The summed E-state index contributed by atoms with van der Waals surface area (Å²) in [6.07, 6.45) is 2.47. The molecule has 4 heterocycles. The first-order valence-electron chi connectivity index (χ1n) is 7.58. The average Bonchev–Trinajstić information content (AvgIpc) is 3.36. The maximum Gasteiger partial charge on any atom is 0.243 e. The van der Waals surface area contributed by atoms with Crippen molar-refractivity contribution in [3.8, 4) is 21.1 Å². The van der Waals surface area contributed by atoms with Gasteiger partial charge < -0.3 is 10.1 Å². The molecule has 0 aliphatic carbocycles. The van der Waals surface area contributed by atoms with Gasteiger partial charge in [0.2, 0.25) is 5.95 Å². The summed E-state index contributed by atoms with van der Waals surface area (Å²) < 4.78 is 5.63. The Morgan fingerprint density at radius 1 is 1.09 bits per heavy atom. The molecule has 0 spiro atoms. The second kappa shape index (κ2) is 6.74. The van der Waals surface area contributed by atoms with Gasteiger partial charge in [0.25, 0.3) is 0 Å². The summed E-state index contributed by atoms with van der Waals surface area (Å²) in [4.78, 5) is 6.89. The lowest BCUT2D eigenvalue weighted by Crippen LogP contribution is -2.20. The molecule has 1 atom stereocenters. The lowest BCUT2D eigenvalue weighted by Gasteiger charge is -2.11. The minimum atomic E-state index is 0.251. The van der Waals surface area contributed by atoms with Crippen LogP contribution >= 0.6 is 22.7 Å². The minimum Gasteiger partial charge on any atom is -0.376 e. The highest BCUT2D eigenvalue weighted by molar-refractivity contribution is 7.14. The van der Waals surface area contributed by atoms with E-state index in [1.54, 1.807) is 22.7 Å². The number of thiophene rings is 2. The topological polar surface area (TPSA) is 59.9 Å². The van der Waals surface area contributed by atoms with Gasteiger partial charge in [-0.05, 0) is 35.7 Å². The zero-order chi connectivity index (χ0) is 15.5. The van der Waals surface area contributed by atoms with Crippen LogP contribution in [0.15, 0.2) is 35.0 Å². The van der Waals surface area contributed by atoms with Gasteiger partial charge in [-0.25, -0.2) is 4.98 Å². The van der Waals surface area contributed by atoms with Crippen molar-refractivity contribution in [1.82, 2.24) is 15.2 Å². The van der Waals surface area contributed by atoms with E-state index < -0.39 is 0 Å². The highest BCUT2D eigenvalue weighted by Crippen LogP contribution is 2.33. The summed E-state index contributed by atoms with van der Waals surface area (Å²) in [5.74, 6) is 0.559. The van der Waals surface area contributed by atoms with Gasteiger partial charge in [0, 0.05) is 13.2 Å². The van der Waals surface area contributed by atoms with Crippen molar-refractivity contribution < 1.29 is 4.74 Å². The van der Waals surface area contributed by atoms with Crippen molar-refractivity contribution in [2.45, 2.75) is 18.9 Å². The molecule has 3 aromatic heterocycles. The Balaban J connectivity index is 1.63. The van der Waals surface area contributed by atoms with Gasteiger partial charge in [-0.15, -0.1) is 32.9 Å². The van der Waals surface area contributed by atoms with E-state index in [0.29, 0.717) is 5.95 Å². The van der Waals surface area contributed by atoms with Gasteiger partial charge in [-0.2, -0.15) is 0 Å². The van der Waals surface area contributed by atoms with Gasteiger partial charge in [0.15, 0.2) is 0 Å². The predicted octanol–water partition coefficient (Wildman–Crippen LogP) is 3.92. The summed E-state index contributed by atoms with van der Waals surface area (Å²) in [6.45, 7) is 1.58. The molecule has 0 radical (unpaired) electrons. The van der Waals surface area contributed by atoms with E-state index in [4.69, 9.17) is 9.72 Å². The van der Waals surface area contributed by atoms with Crippen LogP contribution in [-0.2, 0) is 4.74 Å². The van der Waals surface area contributed by atoms with Gasteiger partial charge in [-0.1, -0.05) is 12.1 Å². The number of nitrogens with one attached hydrogen (secondary N) is 1. The first-order chi connectivity index (χ1) is 11.4. The third-order valence-corrected chi connectivity index (χ3v) is 5.46. The summed E-state index contributed by atoms with van der Waals surface area (Å²) in [5, 5.41) is 16.0. The van der Waals surface area contributed by atoms with Gasteiger partial charge >= 0.3 is 0 Å². The molecule has 1 fully saturated rings. The highest BCUT2D eigenvalue weighted by atomic mass is 32.1. The summed E-state index contributed by atoms with van der Waals surface area (Å²) in [5.41, 5.74) is 1.72. The number of aromatic nitrogens is 3. The molecule has 0 aromatic carbocycles. The fourth-order valence-electron chi connectivity index (χ4n) is 2.58. The molecule has 7 heteroatoms. The minimum absolute atomic E-state index is 0.251. The van der Waals surface area contributed by atoms with Crippen molar-refractivity contribution in [2.24, 2.45) is 0 Å². The molecule has 4 rings (SSSR count). The number of hydrogen-bond acceptors (Lipinski definition) is 7. The Labute approximate surface area is 142 Å². The summed E-state index contributed by atoms with van der Waals surface area (Å²) >= 11 is 3.31. The van der Waals surface area contributed by atoms with Crippen LogP contribution in [0.1, 0.15) is 12.8 Å². The van der Waals surface area contributed by atoms with E-state index in [1.807, 2.05) is 23.6 Å². The van der Waals surface area contributed by atoms with Crippen LogP contribution in [0, 0.1) is 0 Å². The second-order valence-corrected chi connectivity index (χ2v) is 7.20. The van der Waals surface area contributed by atoms with E-state index >= 15 is 0 Å². The molecule has 1 aliphatic heterocycles. The number of hydrogen-bond donors (Lipinski definition) is 1. The Morgan fingerprint density at radius 3 is 2.52 bits per heavy atom. The maximum atomic E-state index is 5.63. The molecule has 5 nitrogen and oxygen atoms in total. The molecular weight excluding hydrogens is 328 g/mol. The third-order valence-electron chi connectivity index (χ3n) is 3.71. The van der Waals surface area contributed by atoms with Gasteiger partial charge in [0.1, 0.15) is 11.4 Å². The molecule has 1 saturated heterocycles. The Morgan fingerprint density at radius 2 is 1.87 bits per heavy atom. The van der Waals surface area contributed by atoms with Crippen LogP contribution in [0.25, 0.3) is 21.1 Å². The Hall–Kier alpha value is -1.83. The van der Waals surface area contributed by atoms with Crippen LogP contribution in [0.5, 0.6) is 0 Å². The first kappa shape index (κ1) is 14.7. The third kappa shape index (κ3) is 3.26. The molecule has 0 bridgehead atoms. The fraction of sp³-hybridized carbons (Fsp3) is 0.312. The second-order valence-electron chi connectivity index (χ2n) is 5.30. The monoisotopic (exact) mass is 344 g/mol. The van der Waals surface area contributed by atoms with Crippen LogP contribution < -0.4 is 5.32 Å². The van der Waals surface area contributed by atoms with Crippen molar-refractivity contribution in [3.05, 3.63) is 35.0 Å². The molecule has 1 N–H and O–H groups in total. The number of ether oxygens (including phenoxy) is 1. The average molecular weight is 344 g/mol. The lowest BCUT2D eigenvalue weighted by atomic mass is 10.2. The van der Waals surface area contributed by atoms with Gasteiger partial charge in [0.05, 0.1) is 15.9 Å². The normalized spacial score (nSPS) is 17.5. The molecule has 1 unspecified atom stereocenters. The number of nitrogens with zero attached hydrogens (tertiary/aromatic N) is 3. The number of rotatable bonds is 5. The summed E-state index contributed by atoms with van der Waals surface area (Å²) in [7, 11) is 0. The van der Waals surface area contributed by atoms with Crippen molar-refractivity contribution in [2.75, 3.05) is 18.5 Å². The van der Waals surface area contributed by atoms with Gasteiger partial charge in [-0.3, -0.25) is 0 Å². The quantitative estimate of drug-likeness (QED) is 0.760. The fourth-order valence-corrected chi connectivity index (χ4v) is 4.00. The smallest absolute Gasteiger partial charge is 0.243 e. The Kier molecular flexibility index (Phi) is 4.32. The molecule has 3 aromatic rings. The predicted molar refractivity (Wildman–Crippen MR) is 93.9 cm³/mol. The van der Waals surface area contributed by atoms with Crippen LogP contribution in [0.4, 0.5) is 5.95 Å². The standard InChI is InChI=1S/C16H16N4OS2/c1-4-11(21-7-1)10-17-16-18-14(12-5-2-8-22-12)15(19-20-16)13-6-3-9-23-13/h2-3,5-6,8-9,11H,1,4,7,10H2,(H,17,18,20). The van der Waals surface area contributed by atoms with E-state index in [9.17, 15) is 0 Å². The highest BCUT2D eigenvalue weighted by Gasteiger charge is 2.18. The van der Waals surface area contributed by atoms with Crippen molar-refractivity contribution in [3.63, 3.8) is 0 Å². The van der Waals surface area contributed by atoms with Crippen LogP contribution in [-0.4, -0.2) is 34.4 Å². The maximum absolute atomic E-state index is 5.63. The SMILES string of the molecule is c1csc(-c2nnc(NCC3CCCO3)nc2-c2cccs2)c1. The zero-order valence-corrected chi connectivity index (χ0v) is 14.1. The van der Waals surface area contributed by atoms with Crippen LogP contribution in [0.3, 0.4) is 0 Å². The number of anilines is 1. The molecule has 0 saturated carbocycles. The van der Waals surface area contributed by atoms with Crippen molar-refractivity contribution >= 4 is 28.6 Å². The molecule has 118 valence electrons. The first-order valence-corrected chi connectivity index (χ1v) is 9.34. The molecule has 1 aliphatic rings. The summed E-state index contributed by atoms with van der Waals surface area (Å²) in [6, 6.07) is 8.16. The largest absolute Gasteiger partial charge is 0.376 e. The van der Waals surface area contributed by atoms with E-state index in [2.05, 4.69) is 27.0 Å². The lowest BCUT2D eigenvalue weighted by molar-refractivity contribution is 0.120. The van der Waals surface area contributed by atoms with Crippen LogP contribution in [0.2, 0.25) is 0 Å². The van der Waals surface area contributed by atoms with E-state index in [1.165, 1.54) is 0 Å². The molecule has 0 amide bonds. The van der Waals surface area contributed by atoms with E-state index in [-0.39, 0.29) is 6.10 Å². The zero-order valence-electron chi connectivity index (χ0n) is 12.4. The molecule has 23 heavy (non-hydrogen) atoms. The Bertz CT molecular complexity index is 753. The van der Waals surface area contributed by atoms with E-state index in [0.717, 1.165) is 47.1 Å².